The Morgan fingerprint density at radius 3 is 1.82 bits per heavy atom. The summed E-state index contributed by atoms with van der Waals surface area (Å²) in [6, 6.07) is 5.41. The first-order valence-corrected chi connectivity index (χ1v) is 56.4. The van der Waals surface area contributed by atoms with Gasteiger partial charge in [-0.3, -0.25) is 4.79 Å². The van der Waals surface area contributed by atoms with Crippen LogP contribution < -0.4 is 0 Å². The Kier molecular flexibility index (Phi) is 31.3. The van der Waals surface area contributed by atoms with E-state index < -0.39 is 126 Å². The predicted molar refractivity (Wildman–Crippen MR) is 443 cm³/mol. The van der Waals surface area contributed by atoms with Crippen LogP contribution in [0.3, 0.4) is 0 Å². The van der Waals surface area contributed by atoms with Crippen molar-refractivity contribution in [1.82, 2.24) is 0 Å². The molecule has 7 rings (SSSR count). The molecular weight excluding hydrogens is 1530 g/mol. The summed E-state index contributed by atoms with van der Waals surface area (Å²) in [6.07, 6.45) is 3.82. The average molecular weight is 1670 g/mol. The Bertz CT molecular complexity index is 3050. The molecule has 6 fully saturated rings. The first-order chi connectivity index (χ1) is 47.8. The summed E-state index contributed by atoms with van der Waals surface area (Å²) in [6.45, 7) is 72.5. The van der Waals surface area contributed by atoms with Crippen LogP contribution in [0.4, 0.5) is 0 Å². The topological polar surface area (TPSA) is 174 Å². The van der Waals surface area contributed by atoms with Crippen molar-refractivity contribution in [3.63, 3.8) is 0 Å². The van der Waals surface area contributed by atoms with Gasteiger partial charge >= 0.3 is 0 Å². The van der Waals surface area contributed by atoms with Crippen molar-refractivity contribution in [2.75, 3.05) is 26.9 Å². The van der Waals surface area contributed by atoms with E-state index in [0.29, 0.717) is 44.3 Å². The van der Waals surface area contributed by atoms with Crippen molar-refractivity contribution in [3.8, 4) is 0 Å². The largest absolute Gasteiger partial charge is 0.414 e. The molecule has 0 aromatic heterocycles. The summed E-state index contributed by atoms with van der Waals surface area (Å²) in [5.41, 5.74) is 3.72. The van der Waals surface area contributed by atoms with Gasteiger partial charge in [0.05, 0.1) is 97.8 Å². The molecule has 1 N–H and O–H groups in total. The minimum absolute atomic E-state index is 0.0371. The molecule has 5 unspecified atom stereocenters. The molecular formula is C81H145IO16SSi5. The van der Waals surface area contributed by atoms with Gasteiger partial charge in [-0.15, -0.1) is 0 Å². The first-order valence-electron chi connectivity index (χ1n) is 39.6. The maximum Gasteiger partial charge on any atom is 0.193 e. The van der Waals surface area contributed by atoms with Crippen LogP contribution in [-0.2, 0) is 82.3 Å². The number of ether oxygens (including phenoxy) is 8. The molecule has 6 aliphatic heterocycles. The number of ketones is 1. The molecule has 6 aliphatic rings. The van der Waals surface area contributed by atoms with Crippen LogP contribution in [0, 0.1) is 11.8 Å². The molecule has 0 amide bonds. The smallest absolute Gasteiger partial charge is 0.193 e. The molecule has 6 saturated heterocycles. The minimum atomic E-state index is -2.68. The second kappa shape index (κ2) is 35.9. The maximum absolute atomic E-state index is 17.0. The summed E-state index contributed by atoms with van der Waals surface area (Å²) < 4.78 is 120. The van der Waals surface area contributed by atoms with Crippen molar-refractivity contribution >= 4 is 81.0 Å². The van der Waals surface area contributed by atoms with Gasteiger partial charge in [0.15, 0.2) is 59.0 Å². The lowest BCUT2D eigenvalue weighted by Crippen LogP contribution is -2.69. The van der Waals surface area contributed by atoms with Crippen LogP contribution in [0.5, 0.6) is 0 Å². The number of rotatable bonds is 31. The van der Waals surface area contributed by atoms with Gasteiger partial charge < -0.3 is 64.6 Å². The predicted octanol–water partition coefficient (Wildman–Crippen LogP) is 20.3. The SMILES string of the molecule is C=C1C[C@H](CCC2OCCCO2)O[C@H]1CC[C@H]1C[C@@H](C)C(=C)[C@@H](C[C@@H]2O[C@H](C[C@@H](CO[Si](C)(C)C(C)(C)C)O[Si](C)(C)C(C)(C)C)[C@H](OC)[C@H]2CC(=O)C(c2cc(S(=O)O)ccc2CC)[C@H]2CC[C@@H]3O[C@@H](C(/C=C/I)O[Si](C)(C)C(C)(C)C)C(O[Si](C)(C)C(C)(C)C)C(O[Si](C)(C)C(C)(C)C)[C@H]3O2)O1. The Morgan fingerprint density at radius 1 is 0.692 bits per heavy atom. The van der Waals surface area contributed by atoms with Crippen LogP contribution in [0.2, 0.25) is 90.7 Å². The van der Waals surface area contributed by atoms with Gasteiger partial charge in [-0.2, -0.15) is 0 Å². The highest BCUT2D eigenvalue weighted by molar-refractivity contribution is 14.1. The van der Waals surface area contributed by atoms with E-state index in [2.05, 4.69) is 218 Å². The summed E-state index contributed by atoms with van der Waals surface area (Å²) in [4.78, 5) is 17.2. The summed E-state index contributed by atoms with van der Waals surface area (Å²) in [7, 11) is -10.7. The van der Waals surface area contributed by atoms with Crippen LogP contribution in [0.1, 0.15) is 212 Å². The lowest BCUT2D eigenvalue weighted by atomic mass is 9.76. The lowest BCUT2D eigenvalue weighted by Gasteiger charge is -2.56. The Hall–Kier alpha value is -0.486. The number of fused-ring (bicyclic) bond motifs is 1. The molecule has 0 spiro atoms. The molecule has 19 atom stereocenters. The van der Waals surface area contributed by atoms with Gasteiger partial charge in [-0.1, -0.05) is 160 Å². The number of Topliss-reactive ketones (excluding diaryl/α,β-unsaturated/α-hetero) is 1. The van der Waals surface area contributed by atoms with E-state index in [1.807, 2.05) is 10.1 Å². The fourth-order valence-corrected chi connectivity index (χ4v) is 21.7. The summed E-state index contributed by atoms with van der Waals surface area (Å²) in [5.74, 6) is -1.28. The van der Waals surface area contributed by atoms with Crippen molar-refractivity contribution in [2.45, 2.75) is 400 Å². The van der Waals surface area contributed by atoms with E-state index in [0.717, 1.165) is 74.9 Å². The van der Waals surface area contributed by atoms with Crippen LogP contribution >= 0.6 is 22.6 Å². The van der Waals surface area contributed by atoms with Gasteiger partial charge in [0.25, 0.3) is 0 Å². The monoisotopic (exact) mass is 1670 g/mol. The summed E-state index contributed by atoms with van der Waals surface area (Å²) >= 11 is -0.0426. The quantitative estimate of drug-likeness (QED) is 0.0321. The molecule has 0 bridgehead atoms. The van der Waals surface area contributed by atoms with E-state index in [-0.39, 0.29) is 85.0 Å². The number of benzene rings is 1. The highest BCUT2D eigenvalue weighted by Gasteiger charge is 2.60. The summed E-state index contributed by atoms with van der Waals surface area (Å²) in [5, 5.41) is -0.623. The zero-order chi connectivity index (χ0) is 78.1. The maximum atomic E-state index is 17.0. The van der Waals surface area contributed by atoms with Crippen molar-refractivity contribution in [1.29, 1.82) is 0 Å². The third-order valence-corrected chi connectivity index (χ3v) is 50.0. The Morgan fingerprint density at radius 2 is 1.26 bits per heavy atom. The van der Waals surface area contributed by atoms with Crippen molar-refractivity contribution in [2.24, 2.45) is 11.8 Å². The van der Waals surface area contributed by atoms with Gasteiger partial charge in [0, 0.05) is 38.7 Å². The van der Waals surface area contributed by atoms with Gasteiger partial charge in [0.1, 0.15) is 30.2 Å². The fourth-order valence-electron chi connectivity index (χ4n) is 14.6. The molecule has 0 radical (unpaired) electrons. The fraction of sp³-hybridized carbons (Fsp3) is 0.840. The van der Waals surface area contributed by atoms with E-state index >= 15 is 4.79 Å². The molecule has 598 valence electrons. The number of halogens is 1. The molecule has 0 saturated carbocycles. The van der Waals surface area contributed by atoms with Gasteiger partial charge in [0.2, 0.25) is 0 Å². The van der Waals surface area contributed by atoms with Gasteiger partial charge in [-0.25, -0.2) is 4.21 Å². The van der Waals surface area contributed by atoms with E-state index in [1.165, 1.54) is 0 Å². The zero-order valence-electron chi connectivity index (χ0n) is 69.9. The van der Waals surface area contributed by atoms with Crippen LogP contribution in [0.15, 0.2) is 57.6 Å². The highest BCUT2D eigenvalue weighted by atomic mass is 127. The second-order valence-electron chi connectivity index (χ2n) is 39.2. The molecule has 6 heterocycles. The standard InChI is InChI=1S/C81H145IO16SSi5/c1-31-55-33-36-59(99(84)85)48-60(55)71(64-38-39-65-73(93-64)75(97-103(27,28)80(14,15)16)76(98-104(29,30)81(17,18)19)74(94-65)66(41-42-82)96-102(25,26)79(11,12)13)62(83)49-61-68(92-69(72(61)86-20)47-58(95-101(23,24)78(8,9)10)51-89-100(21,22)77(5,6)7)50-67-54(4)52(2)45-56(91-67)34-37-63-53(3)46-57(90-63)35-40-70-87-43-32-44-88-70/h33,36,41-42,48,52,56-58,61,63-76H,3-4,31-32,34-35,37-40,43-47,49-51H2,1-2,5-30H3,(H,84,85)/b42-41+/t52-,56+,57+,58+,61+,63+,64-,65+,66?,67-,68+,69-,71?,72-,73+,74+,75?,76?/m1/s1. The van der Waals surface area contributed by atoms with E-state index in [4.69, 9.17) is 66.6 Å². The highest BCUT2D eigenvalue weighted by Crippen LogP contribution is 2.51. The normalized spacial score (nSPS) is 30.6. The molecule has 16 nitrogen and oxygen atoms in total. The molecule has 1 aromatic rings. The van der Waals surface area contributed by atoms with Crippen LogP contribution in [0.25, 0.3) is 0 Å². The number of hydrogen-bond donors (Lipinski definition) is 1. The molecule has 23 heteroatoms. The lowest BCUT2D eigenvalue weighted by molar-refractivity contribution is -0.268. The second-order valence-corrected chi connectivity index (χ2v) is 64.7. The van der Waals surface area contributed by atoms with E-state index in [1.54, 1.807) is 19.2 Å². The number of hydrogen-bond acceptors (Lipinski definition) is 15. The number of methoxy groups -OCH3 is 1. The molecule has 104 heavy (non-hydrogen) atoms. The van der Waals surface area contributed by atoms with E-state index in [9.17, 15) is 8.76 Å². The molecule has 0 aliphatic carbocycles. The Balaban J connectivity index is 1.32. The molecule has 1 aromatic carbocycles. The minimum Gasteiger partial charge on any atom is -0.414 e. The third kappa shape index (κ3) is 22.5. The van der Waals surface area contributed by atoms with Crippen LogP contribution in [-0.4, -0.2) is 181 Å². The zero-order valence-corrected chi connectivity index (χ0v) is 77.9. The number of aryl methyl sites for hydroxylation is 1. The Labute approximate surface area is 652 Å². The average Bonchev–Trinajstić information content (AvgIpc) is 0.973. The third-order valence-electron chi connectivity index (χ3n) is 26.5. The van der Waals surface area contributed by atoms with Crippen molar-refractivity contribution < 1.29 is 73.6 Å². The van der Waals surface area contributed by atoms with Crippen molar-refractivity contribution in [3.05, 3.63) is 63.8 Å². The number of carbonyl (C=O) groups excluding carboxylic acids is 1. The van der Waals surface area contributed by atoms with Gasteiger partial charge in [-0.05, 0) is 199 Å². The first kappa shape index (κ1) is 90.7. The number of carbonyl (C=O) groups is 1.